The first-order valence-electron chi connectivity index (χ1n) is 8.58. The summed E-state index contributed by atoms with van der Waals surface area (Å²) in [5, 5.41) is 5.82. The lowest BCUT2D eigenvalue weighted by atomic mass is 10.1. The monoisotopic (exact) mass is 340 g/mol. The van der Waals surface area contributed by atoms with E-state index in [0.717, 1.165) is 31.5 Å². The van der Waals surface area contributed by atoms with Gasteiger partial charge in [-0.1, -0.05) is 30.3 Å². The second-order valence-electron chi connectivity index (χ2n) is 6.30. The lowest BCUT2D eigenvalue weighted by molar-refractivity contribution is 0.221. The summed E-state index contributed by atoms with van der Waals surface area (Å²) in [5.41, 5.74) is 1.06. The van der Waals surface area contributed by atoms with Gasteiger partial charge in [0.1, 0.15) is 6.61 Å². The number of nitrogens with zero attached hydrogens (tertiary/aromatic N) is 2. The van der Waals surface area contributed by atoms with E-state index < -0.39 is 0 Å². The molecule has 6 heteroatoms. The molecule has 1 saturated heterocycles. The number of anilines is 1. The number of amides is 2. The molecule has 1 aliphatic heterocycles. The molecule has 0 atom stereocenters. The van der Waals surface area contributed by atoms with Gasteiger partial charge in [0.05, 0.1) is 0 Å². The van der Waals surface area contributed by atoms with E-state index in [-0.39, 0.29) is 12.1 Å². The molecular weight excluding hydrogens is 316 g/mol. The number of aromatic nitrogens is 1. The standard InChI is InChI=1S/C19H24N4O2/c1-23-12-9-16(10-13-23)21-19(24)22-18-17(8-5-11-20-18)25-14-15-6-3-2-4-7-15/h2-8,11,16H,9-10,12-14H2,1H3,(H2,20,21,22,24). The Labute approximate surface area is 148 Å². The Bertz CT molecular complexity index is 685. The summed E-state index contributed by atoms with van der Waals surface area (Å²) < 4.78 is 5.82. The first-order chi connectivity index (χ1) is 12.2. The van der Waals surface area contributed by atoms with E-state index in [4.69, 9.17) is 4.74 Å². The van der Waals surface area contributed by atoms with Crippen LogP contribution >= 0.6 is 0 Å². The molecule has 2 N–H and O–H groups in total. The predicted molar refractivity (Wildman–Crippen MR) is 97.7 cm³/mol. The fourth-order valence-corrected chi connectivity index (χ4v) is 2.82. The Morgan fingerprint density at radius 2 is 1.96 bits per heavy atom. The van der Waals surface area contributed by atoms with Crippen molar-refractivity contribution in [1.29, 1.82) is 0 Å². The SMILES string of the molecule is CN1CCC(NC(=O)Nc2ncccc2OCc2ccccc2)CC1. The maximum Gasteiger partial charge on any atom is 0.320 e. The number of carbonyl (C=O) groups excluding carboxylic acids is 1. The van der Waals surface area contributed by atoms with E-state index in [1.54, 1.807) is 18.3 Å². The summed E-state index contributed by atoms with van der Waals surface area (Å²) >= 11 is 0. The van der Waals surface area contributed by atoms with Gasteiger partial charge < -0.3 is 15.0 Å². The Morgan fingerprint density at radius 3 is 2.72 bits per heavy atom. The Hall–Kier alpha value is -2.60. The lowest BCUT2D eigenvalue weighted by Crippen LogP contribution is -2.44. The van der Waals surface area contributed by atoms with E-state index in [0.29, 0.717) is 18.2 Å². The van der Waals surface area contributed by atoms with Crippen molar-refractivity contribution in [1.82, 2.24) is 15.2 Å². The normalized spacial score (nSPS) is 15.6. The van der Waals surface area contributed by atoms with E-state index in [1.165, 1.54) is 0 Å². The minimum atomic E-state index is -0.238. The van der Waals surface area contributed by atoms with Crippen molar-refractivity contribution in [3.8, 4) is 5.75 Å². The van der Waals surface area contributed by atoms with Gasteiger partial charge in [0, 0.05) is 12.2 Å². The van der Waals surface area contributed by atoms with Gasteiger partial charge in [-0.3, -0.25) is 5.32 Å². The van der Waals surface area contributed by atoms with Crippen LogP contribution in [0.2, 0.25) is 0 Å². The number of likely N-dealkylation sites (tertiary alicyclic amines) is 1. The third kappa shape index (κ3) is 5.19. The molecule has 3 rings (SSSR count). The number of ether oxygens (including phenoxy) is 1. The summed E-state index contributed by atoms with van der Waals surface area (Å²) in [6, 6.07) is 13.5. The molecule has 1 fully saturated rings. The number of hydrogen-bond acceptors (Lipinski definition) is 4. The van der Waals surface area contributed by atoms with Gasteiger partial charge >= 0.3 is 6.03 Å². The van der Waals surface area contributed by atoms with Crippen LogP contribution in [0.4, 0.5) is 10.6 Å². The Kier molecular flexibility index (Phi) is 5.85. The summed E-state index contributed by atoms with van der Waals surface area (Å²) in [6.07, 6.45) is 3.56. The van der Waals surface area contributed by atoms with E-state index in [2.05, 4.69) is 27.6 Å². The zero-order valence-corrected chi connectivity index (χ0v) is 14.4. The largest absolute Gasteiger partial charge is 0.485 e. The fourth-order valence-electron chi connectivity index (χ4n) is 2.82. The summed E-state index contributed by atoms with van der Waals surface area (Å²) in [7, 11) is 2.10. The van der Waals surface area contributed by atoms with Gasteiger partial charge in [-0.15, -0.1) is 0 Å². The molecule has 2 heterocycles. The highest BCUT2D eigenvalue weighted by Crippen LogP contribution is 2.22. The van der Waals surface area contributed by atoms with E-state index >= 15 is 0 Å². The highest BCUT2D eigenvalue weighted by molar-refractivity contribution is 5.89. The minimum Gasteiger partial charge on any atom is -0.485 e. The van der Waals surface area contributed by atoms with Crippen molar-refractivity contribution in [2.24, 2.45) is 0 Å². The third-order valence-corrected chi connectivity index (χ3v) is 4.29. The average Bonchev–Trinajstić information content (AvgIpc) is 2.64. The minimum absolute atomic E-state index is 0.202. The number of nitrogens with one attached hydrogen (secondary N) is 2. The van der Waals surface area contributed by atoms with Crippen LogP contribution in [0.1, 0.15) is 18.4 Å². The molecule has 25 heavy (non-hydrogen) atoms. The molecule has 1 aromatic heterocycles. The van der Waals surface area contributed by atoms with Gasteiger partial charge in [0.2, 0.25) is 0 Å². The molecule has 132 valence electrons. The molecule has 0 bridgehead atoms. The molecule has 2 aromatic rings. The first-order valence-corrected chi connectivity index (χ1v) is 8.58. The van der Waals surface area contributed by atoms with Gasteiger partial charge in [0.25, 0.3) is 0 Å². The number of benzene rings is 1. The van der Waals surface area contributed by atoms with Crippen LogP contribution in [-0.4, -0.2) is 42.1 Å². The van der Waals surface area contributed by atoms with Crippen LogP contribution < -0.4 is 15.4 Å². The zero-order chi connectivity index (χ0) is 17.5. The van der Waals surface area contributed by atoms with Gasteiger partial charge in [-0.25, -0.2) is 9.78 Å². The quantitative estimate of drug-likeness (QED) is 0.878. The predicted octanol–water partition coefficient (Wildman–Crippen LogP) is 2.88. The van der Waals surface area contributed by atoms with Gasteiger partial charge in [-0.2, -0.15) is 0 Å². The molecule has 0 aliphatic carbocycles. The highest BCUT2D eigenvalue weighted by atomic mass is 16.5. The maximum atomic E-state index is 12.3. The van der Waals surface area contributed by atoms with Gasteiger partial charge in [-0.05, 0) is 50.7 Å². The molecule has 6 nitrogen and oxygen atoms in total. The third-order valence-electron chi connectivity index (χ3n) is 4.29. The number of carbonyl (C=O) groups is 1. The van der Waals surface area contributed by atoms with Crippen LogP contribution in [0.15, 0.2) is 48.7 Å². The number of urea groups is 1. The number of pyridine rings is 1. The van der Waals surface area contributed by atoms with Crippen LogP contribution in [0, 0.1) is 0 Å². The average molecular weight is 340 g/mol. The zero-order valence-electron chi connectivity index (χ0n) is 14.4. The maximum absolute atomic E-state index is 12.3. The molecule has 0 radical (unpaired) electrons. The summed E-state index contributed by atoms with van der Waals surface area (Å²) in [4.78, 5) is 18.8. The van der Waals surface area contributed by atoms with Gasteiger partial charge in [0.15, 0.2) is 11.6 Å². The number of piperidine rings is 1. The molecular formula is C19H24N4O2. The first kappa shape index (κ1) is 17.2. The molecule has 2 amide bonds. The second kappa shape index (κ2) is 8.48. The fraction of sp³-hybridized carbons (Fsp3) is 0.368. The Morgan fingerprint density at radius 1 is 1.20 bits per heavy atom. The van der Waals surface area contributed by atoms with Crippen molar-refractivity contribution in [3.05, 3.63) is 54.2 Å². The van der Waals surface area contributed by atoms with Crippen molar-refractivity contribution in [2.45, 2.75) is 25.5 Å². The summed E-state index contributed by atoms with van der Waals surface area (Å²) in [5.74, 6) is 0.994. The van der Waals surface area contributed by atoms with E-state index in [9.17, 15) is 4.79 Å². The van der Waals surface area contributed by atoms with Crippen LogP contribution in [0.25, 0.3) is 0 Å². The molecule has 0 spiro atoms. The molecule has 0 unspecified atom stereocenters. The molecule has 0 saturated carbocycles. The van der Waals surface area contributed by atoms with Crippen molar-refractivity contribution in [3.63, 3.8) is 0 Å². The Balaban J connectivity index is 1.56. The molecule has 1 aliphatic rings. The van der Waals surface area contributed by atoms with Crippen LogP contribution in [0.3, 0.4) is 0 Å². The van der Waals surface area contributed by atoms with Crippen LogP contribution in [-0.2, 0) is 6.61 Å². The van der Waals surface area contributed by atoms with Crippen molar-refractivity contribution < 1.29 is 9.53 Å². The second-order valence-corrected chi connectivity index (χ2v) is 6.30. The van der Waals surface area contributed by atoms with Crippen LogP contribution in [0.5, 0.6) is 5.75 Å². The summed E-state index contributed by atoms with van der Waals surface area (Å²) in [6.45, 7) is 2.43. The smallest absolute Gasteiger partial charge is 0.320 e. The highest BCUT2D eigenvalue weighted by Gasteiger charge is 2.19. The van der Waals surface area contributed by atoms with Crippen molar-refractivity contribution >= 4 is 11.8 Å². The topological polar surface area (TPSA) is 66.5 Å². The number of rotatable bonds is 5. The molecule has 1 aromatic carbocycles. The number of hydrogen-bond donors (Lipinski definition) is 2. The van der Waals surface area contributed by atoms with E-state index in [1.807, 2.05) is 30.3 Å². The van der Waals surface area contributed by atoms with Crippen molar-refractivity contribution in [2.75, 3.05) is 25.5 Å². The lowest BCUT2D eigenvalue weighted by Gasteiger charge is -2.29.